The van der Waals surface area contributed by atoms with Crippen LogP contribution >= 0.6 is 11.3 Å². The highest BCUT2D eigenvalue weighted by Gasteiger charge is 2.15. The van der Waals surface area contributed by atoms with Gasteiger partial charge >= 0.3 is 0 Å². The van der Waals surface area contributed by atoms with Crippen molar-refractivity contribution in [3.8, 4) is 0 Å². The Hall–Kier alpha value is -0.520. The van der Waals surface area contributed by atoms with E-state index in [0.717, 1.165) is 44.9 Å². The first-order chi connectivity index (χ1) is 9.88. The van der Waals surface area contributed by atoms with Gasteiger partial charge in [-0.25, -0.2) is 0 Å². The zero-order chi connectivity index (χ0) is 14.0. The minimum Gasteiger partial charge on any atom is -0.383 e. The summed E-state index contributed by atoms with van der Waals surface area (Å²) < 4.78 is 5.00. The van der Waals surface area contributed by atoms with Crippen LogP contribution in [0.5, 0.6) is 0 Å². The molecule has 1 saturated carbocycles. The van der Waals surface area contributed by atoms with E-state index in [0.29, 0.717) is 0 Å². The van der Waals surface area contributed by atoms with Gasteiger partial charge in [0.1, 0.15) is 10.0 Å². The van der Waals surface area contributed by atoms with Gasteiger partial charge in [-0.3, -0.25) is 0 Å². The Labute approximate surface area is 126 Å². The number of hydrogen-bond acceptors (Lipinski definition) is 5. The van der Waals surface area contributed by atoms with Gasteiger partial charge in [0, 0.05) is 26.5 Å². The van der Waals surface area contributed by atoms with Crippen molar-refractivity contribution in [2.75, 3.05) is 26.8 Å². The summed E-state index contributed by atoms with van der Waals surface area (Å²) in [6.07, 6.45) is 10.3. The Morgan fingerprint density at radius 2 is 1.90 bits per heavy atom. The topological polar surface area (TPSA) is 47.0 Å². The third-order valence-electron chi connectivity index (χ3n) is 3.98. The predicted octanol–water partition coefficient (Wildman–Crippen LogP) is 2.83. The van der Waals surface area contributed by atoms with Crippen LogP contribution in [0.15, 0.2) is 0 Å². The maximum Gasteiger partial charge on any atom is 0.117 e. The number of nitrogens with zero attached hydrogens (tertiary/aromatic N) is 2. The van der Waals surface area contributed by atoms with Gasteiger partial charge in [0.25, 0.3) is 0 Å². The Bertz CT molecular complexity index is 364. The standard InChI is InChI=1S/C15H27N3OS/c1-19-12-11-16-10-4-7-14-17-18-15(20-14)9-8-13-5-2-3-6-13/h13,16H,2-12H2,1H3. The van der Waals surface area contributed by atoms with E-state index in [1.807, 2.05) is 11.3 Å². The summed E-state index contributed by atoms with van der Waals surface area (Å²) in [7, 11) is 1.73. The summed E-state index contributed by atoms with van der Waals surface area (Å²) in [5, 5.41) is 14.4. The first kappa shape index (κ1) is 15.9. The summed E-state index contributed by atoms with van der Waals surface area (Å²) in [5.74, 6) is 0.951. The lowest BCUT2D eigenvalue weighted by Gasteiger charge is -2.05. The van der Waals surface area contributed by atoms with E-state index in [1.165, 1.54) is 42.1 Å². The van der Waals surface area contributed by atoms with Gasteiger partial charge in [-0.1, -0.05) is 25.7 Å². The Morgan fingerprint density at radius 3 is 2.65 bits per heavy atom. The average molecular weight is 297 g/mol. The fraction of sp³-hybridized carbons (Fsp3) is 0.867. The molecule has 0 aliphatic heterocycles. The smallest absolute Gasteiger partial charge is 0.117 e. The molecule has 0 saturated heterocycles. The first-order valence-electron chi connectivity index (χ1n) is 7.89. The number of aromatic nitrogens is 2. The minimum atomic E-state index is 0.782. The molecule has 5 heteroatoms. The Balaban J connectivity index is 1.57. The lowest BCUT2D eigenvalue weighted by molar-refractivity contribution is 0.199. The highest BCUT2D eigenvalue weighted by atomic mass is 32.1. The fourth-order valence-electron chi connectivity index (χ4n) is 2.78. The van der Waals surface area contributed by atoms with Crippen molar-refractivity contribution in [3.63, 3.8) is 0 Å². The van der Waals surface area contributed by atoms with Crippen LogP contribution in [-0.2, 0) is 17.6 Å². The molecule has 1 aromatic heterocycles. The van der Waals surface area contributed by atoms with Crippen molar-refractivity contribution in [1.29, 1.82) is 0 Å². The van der Waals surface area contributed by atoms with E-state index in [1.54, 1.807) is 7.11 Å². The minimum absolute atomic E-state index is 0.782. The summed E-state index contributed by atoms with van der Waals surface area (Å²) in [5.41, 5.74) is 0. The number of aryl methyl sites for hydroxylation is 2. The van der Waals surface area contributed by atoms with E-state index in [9.17, 15) is 0 Å². The molecule has 1 heterocycles. The fourth-order valence-corrected chi connectivity index (χ4v) is 3.68. The molecule has 0 radical (unpaired) electrons. The molecule has 4 nitrogen and oxygen atoms in total. The Morgan fingerprint density at radius 1 is 1.15 bits per heavy atom. The number of rotatable bonds is 10. The second-order valence-corrected chi connectivity index (χ2v) is 6.77. The van der Waals surface area contributed by atoms with Gasteiger partial charge in [-0.2, -0.15) is 0 Å². The number of methoxy groups -OCH3 is 1. The van der Waals surface area contributed by atoms with Crippen LogP contribution in [0.4, 0.5) is 0 Å². The average Bonchev–Trinajstić information content (AvgIpc) is 3.11. The normalized spacial score (nSPS) is 16.1. The SMILES string of the molecule is COCCNCCCc1nnc(CCC2CCCC2)s1. The van der Waals surface area contributed by atoms with Crippen LogP contribution in [-0.4, -0.2) is 37.0 Å². The molecule has 1 fully saturated rings. The second kappa shape index (κ2) is 9.42. The van der Waals surface area contributed by atoms with E-state index in [4.69, 9.17) is 4.74 Å². The maximum atomic E-state index is 5.00. The summed E-state index contributed by atoms with van der Waals surface area (Å²) in [6.45, 7) is 2.74. The van der Waals surface area contributed by atoms with Crippen LogP contribution in [0.1, 0.15) is 48.5 Å². The van der Waals surface area contributed by atoms with Gasteiger partial charge in [-0.15, -0.1) is 21.5 Å². The highest BCUT2D eigenvalue weighted by Crippen LogP contribution is 2.29. The largest absolute Gasteiger partial charge is 0.383 e. The molecular formula is C15H27N3OS. The predicted molar refractivity (Wildman–Crippen MR) is 83.3 cm³/mol. The van der Waals surface area contributed by atoms with Crippen molar-refractivity contribution in [3.05, 3.63) is 10.0 Å². The zero-order valence-corrected chi connectivity index (χ0v) is 13.4. The third kappa shape index (κ3) is 5.85. The molecule has 0 bridgehead atoms. The van der Waals surface area contributed by atoms with Crippen LogP contribution in [0.2, 0.25) is 0 Å². The summed E-state index contributed by atoms with van der Waals surface area (Å²) >= 11 is 1.81. The molecule has 1 aromatic rings. The molecule has 114 valence electrons. The van der Waals surface area contributed by atoms with Crippen LogP contribution in [0, 0.1) is 5.92 Å². The monoisotopic (exact) mass is 297 g/mol. The lowest BCUT2D eigenvalue weighted by Crippen LogP contribution is -2.20. The van der Waals surface area contributed by atoms with E-state index < -0.39 is 0 Å². The van der Waals surface area contributed by atoms with Gasteiger partial charge in [0.05, 0.1) is 6.61 Å². The van der Waals surface area contributed by atoms with Crippen molar-refractivity contribution in [2.24, 2.45) is 5.92 Å². The molecule has 0 unspecified atom stereocenters. The summed E-state index contributed by atoms with van der Waals surface area (Å²) in [4.78, 5) is 0. The molecule has 0 atom stereocenters. The summed E-state index contributed by atoms with van der Waals surface area (Å²) in [6, 6.07) is 0. The second-order valence-electron chi connectivity index (χ2n) is 5.63. The molecule has 20 heavy (non-hydrogen) atoms. The number of nitrogens with one attached hydrogen (secondary N) is 1. The molecule has 0 aromatic carbocycles. The molecule has 2 rings (SSSR count). The highest BCUT2D eigenvalue weighted by molar-refractivity contribution is 7.11. The van der Waals surface area contributed by atoms with E-state index >= 15 is 0 Å². The number of ether oxygens (including phenoxy) is 1. The quantitative estimate of drug-likeness (QED) is 0.675. The zero-order valence-electron chi connectivity index (χ0n) is 12.6. The van der Waals surface area contributed by atoms with E-state index in [2.05, 4.69) is 15.5 Å². The van der Waals surface area contributed by atoms with Gasteiger partial charge in [-0.05, 0) is 25.3 Å². The third-order valence-corrected chi connectivity index (χ3v) is 5.02. The van der Waals surface area contributed by atoms with Crippen molar-refractivity contribution >= 4 is 11.3 Å². The first-order valence-corrected chi connectivity index (χ1v) is 8.71. The lowest BCUT2D eigenvalue weighted by atomic mass is 10.0. The molecule has 1 aliphatic rings. The Kier molecular flexibility index (Phi) is 7.47. The maximum absolute atomic E-state index is 5.00. The molecule has 1 aliphatic carbocycles. The van der Waals surface area contributed by atoms with Gasteiger partial charge in [0.2, 0.25) is 0 Å². The van der Waals surface area contributed by atoms with Crippen molar-refractivity contribution in [1.82, 2.24) is 15.5 Å². The van der Waals surface area contributed by atoms with Crippen LogP contribution in [0.25, 0.3) is 0 Å². The number of hydrogen-bond donors (Lipinski definition) is 1. The molecule has 0 amide bonds. The van der Waals surface area contributed by atoms with Crippen LogP contribution in [0.3, 0.4) is 0 Å². The molecular weight excluding hydrogens is 270 g/mol. The van der Waals surface area contributed by atoms with E-state index in [-0.39, 0.29) is 0 Å². The van der Waals surface area contributed by atoms with Crippen molar-refractivity contribution in [2.45, 2.75) is 51.4 Å². The molecule has 0 spiro atoms. The van der Waals surface area contributed by atoms with Gasteiger partial charge < -0.3 is 10.1 Å². The molecule has 1 N–H and O–H groups in total. The van der Waals surface area contributed by atoms with Gasteiger partial charge in [0.15, 0.2) is 0 Å². The van der Waals surface area contributed by atoms with Crippen molar-refractivity contribution < 1.29 is 4.74 Å². The van der Waals surface area contributed by atoms with Crippen LogP contribution < -0.4 is 5.32 Å².